The van der Waals surface area contributed by atoms with Crippen LogP contribution >= 0.6 is 0 Å². The Bertz CT molecular complexity index is 906. The van der Waals surface area contributed by atoms with Crippen molar-refractivity contribution in [1.82, 2.24) is 10.2 Å². The molecule has 3 N–H and O–H groups in total. The number of ether oxygens (including phenoxy) is 1. The number of amides is 2. The van der Waals surface area contributed by atoms with Crippen LogP contribution in [0.5, 0.6) is 11.5 Å². The lowest BCUT2D eigenvalue weighted by Crippen LogP contribution is -2.31. The van der Waals surface area contributed by atoms with Crippen LogP contribution in [-0.2, 0) is 0 Å². The molecule has 1 heterocycles. The van der Waals surface area contributed by atoms with E-state index in [2.05, 4.69) is 10.2 Å². The highest BCUT2D eigenvalue weighted by Gasteiger charge is 2.14. The number of rotatable bonds is 4. The standard InChI is InChI=1S/C18H17FN4O2/c1-11-3-8-14(23(2)18(20)24)9-15(11)25-16-10-21-22-17(16)12-4-6-13(19)7-5-12/h3-10H,1-2H3,(H2,20,24)(H,21,22). The summed E-state index contributed by atoms with van der Waals surface area (Å²) in [5.74, 6) is 0.743. The molecule has 3 rings (SSSR count). The fourth-order valence-corrected chi connectivity index (χ4v) is 2.33. The van der Waals surface area contributed by atoms with E-state index in [1.807, 2.05) is 13.0 Å². The number of H-pyrrole nitrogens is 1. The maximum atomic E-state index is 13.1. The van der Waals surface area contributed by atoms with E-state index in [-0.39, 0.29) is 5.82 Å². The zero-order chi connectivity index (χ0) is 18.0. The Labute approximate surface area is 144 Å². The molecule has 128 valence electrons. The second-order valence-electron chi connectivity index (χ2n) is 5.57. The van der Waals surface area contributed by atoms with Crippen molar-refractivity contribution >= 4 is 11.7 Å². The van der Waals surface area contributed by atoms with Crippen LogP contribution < -0.4 is 15.4 Å². The zero-order valence-electron chi connectivity index (χ0n) is 13.8. The molecule has 2 amide bonds. The van der Waals surface area contributed by atoms with E-state index >= 15 is 0 Å². The van der Waals surface area contributed by atoms with Crippen LogP contribution in [0, 0.1) is 12.7 Å². The summed E-state index contributed by atoms with van der Waals surface area (Å²) in [6, 6.07) is 10.8. The van der Waals surface area contributed by atoms with Crippen molar-refractivity contribution in [2.45, 2.75) is 6.92 Å². The third-order valence-corrected chi connectivity index (χ3v) is 3.85. The molecular formula is C18H17FN4O2. The minimum Gasteiger partial charge on any atom is -0.453 e. The van der Waals surface area contributed by atoms with E-state index in [0.717, 1.165) is 11.1 Å². The molecule has 0 saturated carbocycles. The van der Waals surface area contributed by atoms with E-state index in [4.69, 9.17) is 10.5 Å². The van der Waals surface area contributed by atoms with Gasteiger partial charge in [-0.3, -0.25) is 10.00 Å². The van der Waals surface area contributed by atoms with Crippen LogP contribution in [0.25, 0.3) is 11.3 Å². The number of halogens is 1. The molecule has 2 aromatic carbocycles. The molecule has 25 heavy (non-hydrogen) atoms. The predicted molar refractivity (Wildman–Crippen MR) is 93.2 cm³/mol. The quantitative estimate of drug-likeness (QED) is 0.757. The van der Waals surface area contributed by atoms with Crippen molar-refractivity contribution in [3.05, 3.63) is 60.0 Å². The second-order valence-corrected chi connectivity index (χ2v) is 5.57. The molecule has 0 unspecified atom stereocenters. The first-order valence-electron chi connectivity index (χ1n) is 7.56. The van der Waals surface area contributed by atoms with E-state index in [9.17, 15) is 9.18 Å². The molecule has 0 saturated heterocycles. The number of nitrogens with one attached hydrogen (secondary N) is 1. The van der Waals surface area contributed by atoms with Crippen molar-refractivity contribution in [1.29, 1.82) is 0 Å². The van der Waals surface area contributed by atoms with E-state index < -0.39 is 6.03 Å². The Balaban J connectivity index is 1.93. The molecule has 7 heteroatoms. The largest absolute Gasteiger partial charge is 0.453 e. The van der Waals surface area contributed by atoms with Crippen LogP contribution in [-0.4, -0.2) is 23.3 Å². The monoisotopic (exact) mass is 340 g/mol. The van der Waals surface area contributed by atoms with Gasteiger partial charge in [-0.05, 0) is 42.8 Å². The zero-order valence-corrected chi connectivity index (χ0v) is 13.8. The van der Waals surface area contributed by atoms with Crippen LogP contribution in [0.2, 0.25) is 0 Å². The van der Waals surface area contributed by atoms with Crippen molar-refractivity contribution in [2.75, 3.05) is 11.9 Å². The Morgan fingerprint density at radius 3 is 2.60 bits per heavy atom. The van der Waals surface area contributed by atoms with Crippen molar-refractivity contribution < 1.29 is 13.9 Å². The summed E-state index contributed by atoms with van der Waals surface area (Å²) in [4.78, 5) is 12.7. The van der Waals surface area contributed by atoms with Gasteiger partial charge in [-0.2, -0.15) is 5.10 Å². The maximum Gasteiger partial charge on any atom is 0.318 e. The smallest absolute Gasteiger partial charge is 0.318 e. The first-order valence-corrected chi connectivity index (χ1v) is 7.56. The normalized spacial score (nSPS) is 10.5. The SMILES string of the molecule is Cc1ccc(N(C)C(N)=O)cc1Oc1cn[nH]c1-c1ccc(F)cc1. The van der Waals surface area contributed by atoms with Gasteiger partial charge in [0.15, 0.2) is 5.75 Å². The molecule has 0 atom stereocenters. The number of aromatic nitrogens is 2. The number of benzene rings is 2. The fourth-order valence-electron chi connectivity index (χ4n) is 2.33. The summed E-state index contributed by atoms with van der Waals surface area (Å²) in [5.41, 5.74) is 8.18. The molecule has 0 spiro atoms. The highest BCUT2D eigenvalue weighted by atomic mass is 19.1. The third kappa shape index (κ3) is 3.45. The predicted octanol–water partition coefficient (Wildman–Crippen LogP) is 3.83. The van der Waals surface area contributed by atoms with Gasteiger partial charge < -0.3 is 10.5 Å². The number of anilines is 1. The lowest BCUT2D eigenvalue weighted by molar-refractivity contribution is 0.255. The number of primary amides is 1. The lowest BCUT2D eigenvalue weighted by atomic mass is 10.1. The number of carbonyl (C=O) groups excluding carboxylic acids is 1. The Hall–Kier alpha value is -3.35. The fraction of sp³-hybridized carbons (Fsp3) is 0.111. The van der Waals surface area contributed by atoms with Gasteiger partial charge in [-0.1, -0.05) is 6.07 Å². The number of nitrogens with zero attached hydrogens (tertiary/aromatic N) is 2. The summed E-state index contributed by atoms with van der Waals surface area (Å²) in [7, 11) is 1.58. The molecule has 6 nitrogen and oxygen atoms in total. The van der Waals surface area contributed by atoms with Gasteiger partial charge in [0.25, 0.3) is 0 Å². The number of aromatic amines is 1. The van der Waals surface area contributed by atoms with Gasteiger partial charge in [0.2, 0.25) is 0 Å². The molecule has 3 aromatic rings. The van der Waals surface area contributed by atoms with Gasteiger partial charge >= 0.3 is 6.03 Å². The summed E-state index contributed by atoms with van der Waals surface area (Å²) >= 11 is 0. The molecule has 0 fully saturated rings. The van der Waals surface area contributed by atoms with E-state index in [0.29, 0.717) is 22.9 Å². The Morgan fingerprint density at radius 2 is 1.92 bits per heavy atom. The van der Waals surface area contributed by atoms with E-state index in [1.54, 1.807) is 37.5 Å². The number of hydrogen-bond acceptors (Lipinski definition) is 3. The highest BCUT2D eigenvalue weighted by molar-refractivity contribution is 5.90. The van der Waals surface area contributed by atoms with Crippen molar-refractivity contribution in [2.24, 2.45) is 5.73 Å². The first-order chi connectivity index (χ1) is 12.0. The minimum atomic E-state index is -0.565. The first kappa shape index (κ1) is 16.5. The summed E-state index contributed by atoms with van der Waals surface area (Å²) in [5, 5.41) is 6.86. The number of aryl methyl sites for hydroxylation is 1. The molecule has 1 aromatic heterocycles. The Kier molecular flexibility index (Phi) is 4.38. The molecular weight excluding hydrogens is 323 g/mol. The van der Waals surface area contributed by atoms with Crippen LogP contribution in [0.15, 0.2) is 48.7 Å². The van der Waals surface area contributed by atoms with Crippen LogP contribution in [0.4, 0.5) is 14.9 Å². The average Bonchev–Trinajstić information content (AvgIpc) is 3.05. The number of nitrogens with two attached hydrogens (primary N) is 1. The molecule has 0 aliphatic heterocycles. The molecule has 0 aliphatic rings. The van der Waals surface area contributed by atoms with Gasteiger partial charge in [-0.15, -0.1) is 0 Å². The van der Waals surface area contributed by atoms with Crippen LogP contribution in [0.1, 0.15) is 5.56 Å². The number of urea groups is 1. The van der Waals surface area contributed by atoms with Gasteiger partial charge in [0, 0.05) is 24.4 Å². The van der Waals surface area contributed by atoms with Gasteiger partial charge in [0.1, 0.15) is 17.3 Å². The molecule has 0 aliphatic carbocycles. The summed E-state index contributed by atoms with van der Waals surface area (Å²) < 4.78 is 19.1. The summed E-state index contributed by atoms with van der Waals surface area (Å²) in [6.45, 7) is 1.89. The number of hydrogen-bond donors (Lipinski definition) is 2. The minimum absolute atomic E-state index is 0.316. The molecule has 0 bridgehead atoms. The maximum absolute atomic E-state index is 13.1. The topological polar surface area (TPSA) is 84.2 Å². The van der Waals surface area contributed by atoms with E-state index in [1.165, 1.54) is 17.0 Å². The van der Waals surface area contributed by atoms with Crippen molar-refractivity contribution in [3.63, 3.8) is 0 Å². The number of carbonyl (C=O) groups is 1. The average molecular weight is 340 g/mol. The van der Waals surface area contributed by atoms with Crippen molar-refractivity contribution in [3.8, 4) is 22.8 Å². The highest BCUT2D eigenvalue weighted by Crippen LogP contribution is 2.34. The van der Waals surface area contributed by atoms with Gasteiger partial charge in [-0.25, -0.2) is 9.18 Å². The second kappa shape index (κ2) is 6.64. The van der Waals surface area contributed by atoms with Gasteiger partial charge in [0.05, 0.1) is 6.20 Å². The van der Waals surface area contributed by atoms with Crippen LogP contribution in [0.3, 0.4) is 0 Å². The third-order valence-electron chi connectivity index (χ3n) is 3.85. The molecule has 0 radical (unpaired) electrons. The summed E-state index contributed by atoms with van der Waals surface area (Å²) in [6.07, 6.45) is 1.54. The Morgan fingerprint density at radius 1 is 1.20 bits per heavy atom. The lowest BCUT2D eigenvalue weighted by Gasteiger charge is -2.17.